The summed E-state index contributed by atoms with van der Waals surface area (Å²) in [7, 11) is 0. The Bertz CT molecular complexity index is 1250. The largest absolute Gasteiger partial charge is 0.444 e. The van der Waals surface area contributed by atoms with E-state index in [0.717, 1.165) is 15.9 Å². The first-order valence-corrected chi connectivity index (χ1v) is 13.6. The van der Waals surface area contributed by atoms with Crippen LogP contribution in [-0.2, 0) is 4.74 Å². The first-order valence-electron chi connectivity index (χ1n) is 11.2. The van der Waals surface area contributed by atoms with E-state index >= 15 is 4.39 Å². The van der Waals surface area contributed by atoms with Crippen LogP contribution >= 0.6 is 39.3 Å². The highest BCUT2D eigenvalue weighted by Crippen LogP contribution is 2.41. The third kappa shape index (κ3) is 4.76. The molecule has 1 aliphatic rings. The third-order valence-electron chi connectivity index (χ3n) is 6.12. The number of likely N-dealkylation sites (tertiary alicyclic amines) is 1. The number of hydrogen-bond acceptors (Lipinski definition) is 5. The number of aliphatic hydroxyl groups is 1. The van der Waals surface area contributed by atoms with E-state index < -0.39 is 11.4 Å². The number of piperidine rings is 1. The Balaban J connectivity index is 1.78. The molecule has 10 heteroatoms. The van der Waals surface area contributed by atoms with Gasteiger partial charge in [-0.2, -0.15) is 0 Å². The molecule has 0 radical (unpaired) electrons. The Morgan fingerprint density at radius 3 is 2.79 bits per heavy atom. The molecule has 1 saturated heterocycles. The van der Waals surface area contributed by atoms with E-state index in [-0.39, 0.29) is 39.8 Å². The summed E-state index contributed by atoms with van der Waals surface area (Å²) in [6.45, 7) is 6.01. The van der Waals surface area contributed by atoms with Crippen molar-refractivity contribution in [1.29, 1.82) is 0 Å². The van der Waals surface area contributed by atoms with Crippen LogP contribution in [-0.4, -0.2) is 56.7 Å². The molecule has 1 fully saturated rings. The van der Waals surface area contributed by atoms with Crippen molar-refractivity contribution in [3.05, 3.63) is 33.6 Å². The summed E-state index contributed by atoms with van der Waals surface area (Å²) in [6, 6.07) is 3.64. The molecular formula is C24H28BrClFN3O3S. The molecule has 0 unspecified atom stereocenters. The molecule has 2 aromatic heterocycles. The highest BCUT2D eigenvalue weighted by Gasteiger charge is 2.35. The summed E-state index contributed by atoms with van der Waals surface area (Å²) in [5.74, 6) is -0.481. The van der Waals surface area contributed by atoms with Gasteiger partial charge in [-0.05, 0) is 74.4 Å². The third-order valence-corrected chi connectivity index (χ3v) is 8.12. The molecule has 0 spiro atoms. The highest BCUT2D eigenvalue weighted by molar-refractivity contribution is 9.10. The molecule has 1 aliphatic heterocycles. The van der Waals surface area contributed by atoms with Crippen LogP contribution in [0, 0.1) is 5.82 Å². The van der Waals surface area contributed by atoms with Crippen molar-refractivity contribution in [1.82, 2.24) is 14.5 Å². The SMILES string of the molecule is CSc1nc2c(F)c(Br)c(Cl)cc2c2c1ccn2[C@H]1CCN(C(=O)OC(C)(C)C)[C@H](CCO)C1. The molecule has 6 nitrogen and oxygen atoms in total. The van der Waals surface area contributed by atoms with Gasteiger partial charge in [0.05, 0.1) is 15.0 Å². The molecular weight excluding hydrogens is 545 g/mol. The van der Waals surface area contributed by atoms with E-state index in [1.807, 2.05) is 39.3 Å². The van der Waals surface area contributed by atoms with Gasteiger partial charge in [0, 0.05) is 42.2 Å². The van der Waals surface area contributed by atoms with Gasteiger partial charge in [0.25, 0.3) is 0 Å². The molecule has 0 bridgehead atoms. The number of thioether (sulfide) groups is 1. The molecule has 1 aromatic carbocycles. The number of nitrogens with zero attached hydrogens (tertiary/aromatic N) is 3. The van der Waals surface area contributed by atoms with Crippen molar-refractivity contribution in [2.75, 3.05) is 19.4 Å². The first kappa shape index (κ1) is 25.5. The molecule has 2 atom stereocenters. The molecule has 3 heterocycles. The van der Waals surface area contributed by atoms with Crippen LogP contribution in [0.3, 0.4) is 0 Å². The average molecular weight is 573 g/mol. The smallest absolute Gasteiger partial charge is 0.410 e. The van der Waals surface area contributed by atoms with Crippen molar-refractivity contribution < 1.29 is 19.0 Å². The van der Waals surface area contributed by atoms with E-state index in [0.29, 0.717) is 31.2 Å². The zero-order valence-corrected chi connectivity index (χ0v) is 22.7. The lowest BCUT2D eigenvalue weighted by Gasteiger charge is -2.40. The van der Waals surface area contributed by atoms with Crippen LogP contribution in [0.5, 0.6) is 0 Å². The average Bonchev–Trinajstić information content (AvgIpc) is 3.22. The lowest BCUT2D eigenvalue weighted by Crippen LogP contribution is -2.48. The predicted octanol–water partition coefficient (Wildman–Crippen LogP) is 6.79. The zero-order chi connectivity index (χ0) is 24.8. The van der Waals surface area contributed by atoms with Crippen molar-refractivity contribution in [3.63, 3.8) is 0 Å². The number of carbonyl (C=O) groups excluding carboxylic acids is 1. The maximum atomic E-state index is 15.1. The Morgan fingerprint density at radius 1 is 1.41 bits per heavy atom. The molecule has 3 aromatic rings. The van der Waals surface area contributed by atoms with Gasteiger partial charge in [-0.3, -0.25) is 0 Å². The fraction of sp³-hybridized carbons (Fsp3) is 0.500. The number of aromatic nitrogens is 2. The Hall–Kier alpha value is -1.55. The van der Waals surface area contributed by atoms with E-state index in [1.54, 1.807) is 11.0 Å². The number of rotatable bonds is 4. The van der Waals surface area contributed by atoms with Crippen molar-refractivity contribution in [2.24, 2.45) is 0 Å². The van der Waals surface area contributed by atoms with Gasteiger partial charge in [-0.15, -0.1) is 11.8 Å². The Morgan fingerprint density at radius 2 is 2.15 bits per heavy atom. The number of amides is 1. The Kier molecular flexibility index (Phi) is 7.39. The van der Waals surface area contributed by atoms with Gasteiger partial charge in [-0.25, -0.2) is 14.2 Å². The van der Waals surface area contributed by atoms with Gasteiger partial charge < -0.3 is 19.3 Å². The second kappa shape index (κ2) is 9.84. The number of hydrogen-bond donors (Lipinski definition) is 1. The van der Waals surface area contributed by atoms with Crippen molar-refractivity contribution in [2.45, 2.75) is 62.7 Å². The van der Waals surface area contributed by atoms with E-state index in [2.05, 4.69) is 25.5 Å². The molecule has 184 valence electrons. The van der Waals surface area contributed by atoms with Crippen LogP contribution in [0.15, 0.2) is 27.8 Å². The summed E-state index contributed by atoms with van der Waals surface area (Å²) in [5, 5.41) is 12.3. The number of halogens is 3. The van der Waals surface area contributed by atoms with E-state index in [4.69, 9.17) is 16.3 Å². The molecule has 1 amide bonds. The molecule has 0 saturated carbocycles. The summed E-state index contributed by atoms with van der Waals surface area (Å²) < 4.78 is 23.1. The minimum absolute atomic E-state index is 0.0264. The minimum atomic E-state index is -0.591. The quantitative estimate of drug-likeness (QED) is 0.275. The maximum absolute atomic E-state index is 15.1. The zero-order valence-electron chi connectivity index (χ0n) is 19.6. The van der Waals surface area contributed by atoms with Crippen LogP contribution < -0.4 is 0 Å². The summed E-state index contributed by atoms with van der Waals surface area (Å²) in [6.07, 6.45) is 5.37. The van der Waals surface area contributed by atoms with Gasteiger partial charge in [0.2, 0.25) is 0 Å². The van der Waals surface area contributed by atoms with Crippen LogP contribution in [0.25, 0.3) is 21.8 Å². The normalized spacial score (nSPS) is 19.2. The number of carbonyl (C=O) groups is 1. The standard InChI is InChI=1S/C24H28BrClFN3O3S/c1-24(2,3)33-23(32)30-8-5-13(11-14(30)7-10-31)29-9-6-15-21(29)16-12-17(26)18(25)19(27)20(16)28-22(15)34-4/h6,9,12-14,31H,5,7-8,10-11H2,1-4H3/t13-,14+/m0/s1. The van der Waals surface area contributed by atoms with Gasteiger partial charge in [0.15, 0.2) is 5.82 Å². The monoisotopic (exact) mass is 571 g/mol. The summed E-state index contributed by atoms with van der Waals surface area (Å²) in [4.78, 5) is 19.1. The molecule has 34 heavy (non-hydrogen) atoms. The highest BCUT2D eigenvalue weighted by atomic mass is 79.9. The fourth-order valence-electron chi connectivity index (χ4n) is 4.67. The molecule has 1 N–H and O–H groups in total. The van der Waals surface area contributed by atoms with Crippen LogP contribution in [0.2, 0.25) is 5.02 Å². The van der Waals surface area contributed by atoms with Crippen molar-refractivity contribution in [3.8, 4) is 0 Å². The number of aliphatic hydroxyl groups excluding tert-OH is 1. The van der Waals surface area contributed by atoms with Gasteiger partial charge in [0.1, 0.15) is 16.1 Å². The predicted molar refractivity (Wildman–Crippen MR) is 138 cm³/mol. The Labute approximate surface area is 215 Å². The van der Waals surface area contributed by atoms with Gasteiger partial charge >= 0.3 is 6.09 Å². The number of pyridine rings is 1. The van der Waals surface area contributed by atoms with E-state index in [1.165, 1.54) is 11.8 Å². The summed E-state index contributed by atoms with van der Waals surface area (Å²) in [5.41, 5.74) is 0.554. The topological polar surface area (TPSA) is 67.6 Å². The molecule has 4 rings (SSSR count). The van der Waals surface area contributed by atoms with Crippen LogP contribution in [0.4, 0.5) is 9.18 Å². The second-order valence-corrected chi connectivity index (χ2v) is 11.5. The second-order valence-electron chi connectivity index (χ2n) is 9.51. The first-order chi connectivity index (χ1) is 16.1. The van der Waals surface area contributed by atoms with Gasteiger partial charge in [-0.1, -0.05) is 11.6 Å². The number of fused-ring (bicyclic) bond motifs is 3. The number of benzene rings is 1. The van der Waals surface area contributed by atoms with E-state index in [9.17, 15) is 9.90 Å². The fourth-order valence-corrected chi connectivity index (χ4v) is 5.73. The summed E-state index contributed by atoms with van der Waals surface area (Å²) >= 11 is 11.0. The number of ether oxygens (including phenoxy) is 1. The maximum Gasteiger partial charge on any atom is 0.410 e. The molecule has 0 aliphatic carbocycles. The minimum Gasteiger partial charge on any atom is -0.444 e. The van der Waals surface area contributed by atoms with Crippen LogP contribution in [0.1, 0.15) is 46.1 Å². The van der Waals surface area contributed by atoms with Crippen molar-refractivity contribution >= 4 is 67.2 Å². The lowest BCUT2D eigenvalue weighted by atomic mass is 9.95. The lowest BCUT2D eigenvalue weighted by molar-refractivity contribution is 0.00238.